The SMILES string of the molecule is [2H]/C(C(=O)O)=C(\[2H])[13C](=O)O. The molecule has 0 aliphatic rings. The Kier molecular flexibility index (Phi) is 1.27. The predicted octanol–water partition coefficient (Wildman–Crippen LogP) is -0.288. The van der Waals surface area contributed by atoms with Crippen LogP contribution < -0.4 is 0 Å². The molecule has 0 saturated carbocycles. The zero-order valence-electron chi connectivity index (χ0n) is 5.71. The van der Waals surface area contributed by atoms with E-state index < -0.39 is 24.0 Å². The number of rotatable bonds is 2. The predicted molar refractivity (Wildman–Crippen MR) is 24.4 cm³/mol. The van der Waals surface area contributed by atoms with Gasteiger partial charge in [-0.1, -0.05) is 0 Å². The number of carbonyl (C=O) groups is 2. The van der Waals surface area contributed by atoms with Crippen LogP contribution in [0, 0.1) is 0 Å². The van der Waals surface area contributed by atoms with Crippen molar-refractivity contribution in [2.75, 3.05) is 0 Å². The Labute approximate surface area is 47.9 Å². The van der Waals surface area contributed by atoms with Crippen LogP contribution in [0.3, 0.4) is 0 Å². The number of hydrogen-bond acceptors (Lipinski definition) is 2. The zero-order valence-corrected chi connectivity index (χ0v) is 3.71. The standard InChI is InChI=1S/C4H4O4/c5-3(6)1-2-4(7)8/h1-2H,(H,5,6)(H,7,8)/b2-1-/i1D,2D,3+1. The molecule has 0 heterocycles. The van der Waals surface area contributed by atoms with Gasteiger partial charge >= 0.3 is 11.9 Å². The van der Waals surface area contributed by atoms with Crippen molar-refractivity contribution in [3.05, 3.63) is 12.1 Å². The van der Waals surface area contributed by atoms with E-state index in [2.05, 4.69) is 0 Å². The van der Waals surface area contributed by atoms with E-state index in [4.69, 9.17) is 13.0 Å². The lowest BCUT2D eigenvalue weighted by molar-refractivity contribution is -0.134. The first kappa shape index (κ1) is 3.65. The van der Waals surface area contributed by atoms with Gasteiger partial charge in [0.25, 0.3) is 0 Å². The molecule has 2 N–H and O–H groups in total. The fourth-order valence-electron chi connectivity index (χ4n) is 0.107. The van der Waals surface area contributed by atoms with Crippen LogP contribution >= 0.6 is 0 Å². The van der Waals surface area contributed by atoms with Gasteiger partial charge < -0.3 is 10.2 Å². The van der Waals surface area contributed by atoms with Crippen molar-refractivity contribution in [3.63, 3.8) is 0 Å². The van der Waals surface area contributed by atoms with Crippen LogP contribution in [0.5, 0.6) is 0 Å². The Balaban J connectivity index is 4.67. The van der Waals surface area contributed by atoms with Crippen LogP contribution in [-0.4, -0.2) is 22.2 Å². The van der Waals surface area contributed by atoms with Crippen molar-refractivity contribution in [3.8, 4) is 0 Å². The van der Waals surface area contributed by atoms with Crippen LogP contribution in [0.25, 0.3) is 0 Å². The van der Waals surface area contributed by atoms with Gasteiger partial charge in [0.15, 0.2) is 0 Å². The molecule has 0 saturated heterocycles. The Morgan fingerprint density at radius 1 is 1.25 bits per heavy atom. The van der Waals surface area contributed by atoms with Crippen molar-refractivity contribution in [2.24, 2.45) is 0 Å². The Bertz CT molecular complexity index is 185. The van der Waals surface area contributed by atoms with Crippen molar-refractivity contribution in [2.45, 2.75) is 0 Å². The van der Waals surface area contributed by atoms with Gasteiger partial charge in [0.2, 0.25) is 0 Å². The maximum atomic E-state index is 9.82. The highest BCUT2D eigenvalue weighted by atomic mass is 16.5. The second kappa shape index (κ2) is 2.79. The van der Waals surface area contributed by atoms with Gasteiger partial charge in [-0.15, -0.1) is 0 Å². The van der Waals surface area contributed by atoms with E-state index in [0.717, 1.165) is 0 Å². The molecule has 0 aliphatic carbocycles. The molecular formula is C4H4O4. The summed E-state index contributed by atoms with van der Waals surface area (Å²) in [6.45, 7) is 0. The van der Waals surface area contributed by atoms with Crippen molar-refractivity contribution in [1.82, 2.24) is 0 Å². The summed E-state index contributed by atoms with van der Waals surface area (Å²) in [5.74, 6) is -3.43. The van der Waals surface area contributed by atoms with Gasteiger partial charge in [0.05, 0.1) is 2.74 Å². The summed E-state index contributed by atoms with van der Waals surface area (Å²) in [7, 11) is 0. The van der Waals surface area contributed by atoms with E-state index in [1.54, 1.807) is 0 Å². The second-order valence-electron chi connectivity index (χ2n) is 0.860. The molecule has 8 heavy (non-hydrogen) atoms. The van der Waals surface area contributed by atoms with Crippen molar-refractivity contribution in [1.29, 1.82) is 0 Å². The minimum atomic E-state index is -1.72. The molecule has 0 spiro atoms. The third-order valence-corrected chi connectivity index (χ3v) is 0.276. The molecule has 0 aromatic rings. The molecule has 0 bridgehead atoms. The van der Waals surface area contributed by atoms with E-state index in [0.29, 0.717) is 0 Å². The molecule has 4 nitrogen and oxygen atoms in total. The van der Waals surface area contributed by atoms with Gasteiger partial charge in [0.1, 0.15) is 0 Å². The zero-order chi connectivity index (χ0) is 8.31. The van der Waals surface area contributed by atoms with Gasteiger partial charge in [-0.25, -0.2) is 9.59 Å². The summed E-state index contributed by atoms with van der Waals surface area (Å²) in [5.41, 5.74) is 0. The number of aliphatic carboxylic acids is 2. The molecule has 0 aromatic carbocycles. The molecule has 44 valence electrons. The van der Waals surface area contributed by atoms with E-state index >= 15 is 0 Å². The minimum Gasteiger partial charge on any atom is -0.478 e. The molecule has 0 fully saturated rings. The van der Waals surface area contributed by atoms with E-state index in [-0.39, 0.29) is 0 Å². The lowest BCUT2D eigenvalue weighted by Crippen LogP contribution is -1.91. The molecule has 0 radical (unpaired) electrons. The first-order valence-electron chi connectivity index (χ1n) is 2.61. The topological polar surface area (TPSA) is 74.6 Å². The number of carboxylic acids is 2. The maximum Gasteiger partial charge on any atom is 0.328 e. The number of hydrogen-bond donors (Lipinski definition) is 2. The van der Waals surface area contributed by atoms with Crippen LogP contribution in [0.2, 0.25) is 0 Å². The average molecular weight is 119 g/mol. The van der Waals surface area contributed by atoms with Crippen molar-refractivity contribution >= 4 is 11.9 Å². The third kappa shape index (κ3) is 4.68. The lowest BCUT2D eigenvalue weighted by atomic mass is 10.6. The summed E-state index contributed by atoms with van der Waals surface area (Å²) < 4.78 is 12.9. The average Bonchev–Trinajstić information content (AvgIpc) is 1.84. The Hall–Kier alpha value is -1.32. The first-order chi connectivity index (χ1) is 4.46. The second-order valence-corrected chi connectivity index (χ2v) is 0.860. The van der Waals surface area contributed by atoms with Crippen molar-refractivity contribution < 1.29 is 22.5 Å². The summed E-state index contributed by atoms with van der Waals surface area (Å²) in [4.78, 5) is 19.6. The van der Waals surface area contributed by atoms with Crippen LogP contribution in [0.15, 0.2) is 12.1 Å². The highest BCUT2D eigenvalue weighted by molar-refractivity contribution is 5.89. The van der Waals surface area contributed by atoms with Gasteiger partial charge in [0, 0.05) is 12.1 Å². The molecule has 0 aliphatic heterocycles. The molecule has 0 unspecified atom stereocenters. The molecule has 0 atom stereocenters. The van der Waals surface area contributed by atoms with Crippen LogP contribution in [-0.2, 0) is 9.59 Å². The summed E-state index contributed by atoms with van der Waals surface area (Å²) in [6, 6.07) is -2.43. The lowest BCUT2D eigenvalue weighted by Gasteiger charge is -1.74. The maximum absolute atomic E-state index is 9.82. The van der Waals surface area contributed by atoms with Crippen LogP contribution in [0.1, 0.15) is 2.74 Å². The van der Waals surface area contributed by atoms with Gasteiger partial charge in [-0.05, 0) is 0 Å². The molecule has 0 rings (SSSR count). The molecule has 0 amide bonds. The highest BCUT2D eigenvalue weighted by Gasteiger charge is 1.88. The minimum absolute atomic E-state index is 1.22. The Morgan fingerprint density at radius 3 is 1.62 bits per heavy atom. The smallest absolute Gasteiger partial charge is 0.328 e. The molecular weight excluding hydrogens is 113 g/mol. The molecule has 0 aromatic heterocycles. The van der Waals surface area contributed by atoms with E-state index in [9.17, 15) is 9.59 Å². The monoisotopic (exact) mass is 119 g/mol. The fraction of sp³-hybridized carbons (Fsp3) is 0. The normalized spacial score (nSPS) is 15.5. The quantitative estimate of drug-likeness (QED) is 0.387. The fourth-order valence-corrected chi connectivity index (χ4v) is 0.107. The summed E-state index contributed by atoms with van der Waals surface area (Å²) in [5, 5.41) is 15.9. The largest absolute Gasteiger partial charge is 0.478 e. The number of carboxylic acid groups (broad SMARTS) is 2. The summed E-state index contributed by atoms with van der Waals surface area (Å²) in [6.07, 6.45) is 0. The summed E-state index contributed by atoms with van der Waals surface area (Å²) >= 11 is 0. The Morgan fingerprint density at radius 2 is 1.50 bits per heavy atom. The van der Waals surface area contributed by atoms with Gasteiger partial charge in [-0.3, -0.25) is 0 Å². The third-order valence-electron chi connectivity index (χ3n) is 0.276. The van der Waals surface area contributed by atoms with E-state index in [1.807, 2.05) is 0 Å². The first-order valence-corrected chi connectivity index (χ1v) is 1.61. The molecule has 4 heteroatoms. The van der Waals surface area contributed by atoms with E-state index in [1.165, 1.54) is 0 Å². The van der Waals surface area contributed by atoms with Gasteiger partial charge in [-0.2, -0.15) is 0 Å². The highest BCUT2D eigenvalue weighted by Crippen LogP contribution is 1.70. The van der Waals surface area contributed by atoms with Crippen LogP contribution in [0.4, 0.5) is 0 Å².